The summed E-state index contributed by atoms with van der Waals surface area (Å²) in [6.07, 6.45) is 1.06. The van der Waals surface area contributed by atoms with Gasteiger partial charge in [-0.25, -0.2) is 8.42 Å². The lowest BCUT2D eigenvalue weighted by Crippen LogP contribution is -1.97. The average molecular weight is 298 g/mol. The van der Waals surface area contributed by atoms with Gasteiger partial charge in [-0.05, 0) is 40.8 Å². The average Bonchev–Trinajstić information content (AvgIpc) is 1.83. The monoisotopic (exact) mass is 298 g/mol. The van der Waals surface area contributed by atoms with E-state index < -0.39 is 9.84 Å². The van der Waals surface area contributed by atoms with Crippen molar-refractivity contribution in [3.63, 3.8) is 0 Å². The van der Waals surface area contributed by atoms with Gasteiger partial charge in [0.05, 0.1) is 0 Å². The van der Waals surface area contributed by atoms with Crippen molar-refractivity contribution in [2.45, 2.75) is 4.90 Å². The first-order valence-electron chi connectivity index (χ1n) is 3.10. The third kappa shape index (κ3) is 2.10. The van der Waals surface area contributed by atoms with Crippen LogP contribution in [0.15, 0.2) is 23.1 Å². The minimum atomic E-state index is -3.30. The normalized spacial score (nSPS) is 11.5. The molecule has 1 aromatic rings. The minimum Gasteiger partial charge on any atom is -0.507 e. The molecule has 0 aliphatic rings. The van der Waals surface area contributed by atoms with Crippen molar-refractivity contribution in [2.75, 3.05) is 6.26 Å². The molecule has 0 heterocycles. The SMILES string of the molecule is CS(=O)(=O)c1ccc(I)cc1O. The molecular weight excluding hydrogens is 291 g/mol. The second-order valence-corrected chi connectivity index (χ2v) is 5.61. The molecule has 1 aromatic carbocycles. The summed E-state index contributed by atoms with van der Waals surface area (Å²) >= 11 is 2.00. The number of phenols is 1. The highest BCUT2D eigenvalue weighted by Gasteiger charge is 2.11. The van der Waals surface area contributed by atoms with Gasteiger partial charge in [0.15, 0.2) is 9.84 Å². The van der Waals surface area contributed by atoms with Gasteiger partial charge in [-0.1, -0.05) is 0 Å². The van der Waals surface area contributed by atoms with E-state index in [1.165, 1.54) is 12.1 Å². The molecule has 0 aromatic heterocycles. The molecule has 0 spiro atoms. The Kier molecular flexibility index (Phi) is 2.62. The molecular formula is C7H7IO3S. The number of sulfone groups is 1. The highest BCUT2D eigenvalue weighted by atomic mass is 127. The van der Waals surface area contributed by atoms with E-state index >= 15 is 0 Å². The van der Waals surface area contributed by atoms with E-state index in [9.17, 15) is 13.5 Å². The van der Waals surface area contributed by atoms with E-state index in [-0.39, 0.29) is 10.6 Å². The van der Waals surface area contributed by atoms with Gasteiger partial charge in [-0.2, -0.15) is 0 Å². The van der Waals surface area contributed by atoms with E-state index in [1.54, 1.807) is 6.07 Å². The lowest BCUT2D eigenvalue weighted by Gasteiger charge is -2.01. The molecule has 0 unspecified atom stereocenters. The van der Waals surface area contributed by atoms with Crippen LogP contribution >= 0.6 is 22.6 Å². The third-order valence-corrected chi connectivity index (χ3v) is 3.14. The van der Waals surface area contributed by atoms with Crippen LogP contribution in [0.4, 0.5) is 0 Å². The Morgan fingerprint density at radius 3 is 2.42 bits per heavy atom. The van der Waals surface area contributed by atoms with Crippen LogP contribution in [0.3, 0.4) is 0 Å². The predicted molar refractivity (Wildman–Crippen MR) is 53.9 cm³/mol. The van der Waals surface area contributed by atoms with Gasteiger partial charge >= 0.3 is 0 Å². The number of hydrogen-bond donors (Lipinski definition) is 1. The molecule has 1 rings (SSSR count). The zero-order valence-electron chi connectivity index (χ0n) is 6.28. The second kappa shape index (κ2) is 3.21. The van der Waals surface area contributed by atoms with Gasteiger partial charge < -0.3 is 5.11 Å². The molecule has 0 bridgehead atoms. The van der Waals surface area contributed by atoms with Crippen LogP contribution in [0.2, 0.25) is 0 Å². The van der Waals surface area contributed by atoms with Crippen molar-refractivity contribution >= 4 is 32.4 Å². The molecule has 0 atom stereocenters. The summed E-state index contributed by atoms with van der Waals surface area (Å²) in [4.78, 5) is -0.0251. The molecule has 0 aliphatic carbocycles. The van der Waals surface area contributed by atoms with E-state index in [0.717, 1.165) is 9.83 Å². The summed E-state index contributed by atoms with van der Waals surface area (Å²) in [5.74, 6) is -0.190. The first-order chi connectivity index (χ1) is 5.41. The molecule has 0 saturated heterocycles. The number of hydrogen-bond acceptors (Lipinski definition) is 3. The van der Waals surface area contributed by atoms with Gasteiger partial charge in [0.2, 0.25) is 0 Å². The third-order valence-electron chi connectivity index (χ3n) is 1.32. The molecule has 12 heavy (non-hydrogen) atoms. The number of aromatic hydroxyl groups is 1. The Morgan fingerprint density at radius 2 is 2.00 bits per heavy atom. The van der Waals surface area contributed by atoms with Gasteiger partial charge in [0, 0.05) is 9.83 Å². The zero-order valence-corrected chi connectivity index (χ0v) is 9.26. The van der Waals surface area contributed by atoms with Crippen LogP contribution in [-0.2, 0) is 9.84 Å². The molecule has 0 radical (unpaired) electrons. The van der Waals surface area contributed by atoms with Crippen LogP contribution < -0.4 is 0 Å². The van der Waals surface area contributed by atoms with Gasteiger partial charge in [0.25, 0.3) is 0 Å². The Balaban J connectivity index is 3.39. The van der Waals surface area contributed by atoms with Crippen LogP contribution in [-0.4, -0.2) is 19.8 Å². The maximum absolute atomic E-state index is 11.0. The first-order valence-corrected chi connectivity index (χ1v) is 6.07. The summed E-state index contributed by atoms with van der Waals surface area (Å²) in [6, 6.07) is 4.44. The van der Waals surface area contributed by atoms with Crippen molar-refractivity contribution in [1.29, 1.82) is 0 Å². The highest BCUT2D eigenvalue weighted by molar-refractivity contribution is 14.1. The van der Waals surface area contributed by atoms with Gasteiger partial charge in [-0.3, -0.25) is 0 Å². The minimum absolute atomic E-state index is 0.0251. The quantitative estimate of drug-likeness (QED) is 0.797. The number of phenolic OH excluding ortho intramolecular Hbond substituents is 1. The Morgan fingerprint density at radius 1 is 1.42 bits per heavy atom. The molecule has 1 N–H and O–H groups in total. The van der Waals surface area contributed by atoms with Crippen LogP contribution in [0.5, 0.6) is 5.75 Å². The van der Waals surface area contributed by atoms with E-state index in [4.69, 9.17) is 0 Å². The van der Waals surface area contributed by atoms with Crippen molar-refractivity contribution in [3.05, 3.63) is 21.8 Å². The van der Waals surface area contributed by atoms with E-state index in [2.05, 4.69) is 0 Å². The molecule has 0 fully saturated rings. The van der Waals surface area contributed by atoms with Crippen LogP contribution in [0.25, 0.3) is 0 Å². The fourth-order valence-electron chi connectivity index (χ4n) is 0.804. The van der Waals surface area contributed by atoms with E-state index in [0.29, 0.717) is 0 Å². The summed E-state index contributed by atoms with van der Waals surface area (Å²) in [5.41, 5.74) is 0. The lowest BCUT2D eigenvalue weighted by atomic mass is 10.3. The molecule has 3 nitrogen and oxygen atoms in total. The van der Waals surface area contributed by atoms with Crippen LogP contribution in [0.1, 0.15) is 0 Å². The van der Waals surface area contributed by atoms with Gasteiger partial charge in [0.1, 0.15) is 10.6 Å². The van der Waals surface area contributed by atoms with Crippen molar-refractivity contribution < 1.29 is 13.5 Å². The zero-order chi connectivity index (χ0) is 9.35. The van der Waals surface area contributed by atoms with Crippen molar-refractivity contribution in [2.24, 2.45) is 0 Å². The Bertz CT molecular complexity index is 397. The maximum atomic E-state index is 11.0. The maximum Gasteiger partial charge on any atom is 0.179 e. The van der Waals surface area contributed by atoms with Crippen LogP contribution in [0, 0.1) is 3.57 Å². The fraction of sp³-hybridized carbons (Fsp3) is 0.143. The first kappa shape index (κ1) is 9.79. The highest BCUT2D eigenvalue weighted by Crippen LogP contribution is 2.23. The Hall–Kier alpha value is -0.300. The largest absolute Gasteiger partial charge is 0.507 e. The standard InChI is InChI=1S/C7H7IO3S/c1-12(10,11)7-3-2-5(8)4-6(7)9/h2-4,9H,1H3. The topological polar surface area (TPSA) is 54.4 Å². The predicted octanol–water partition coefficient (Wildman–Crippen LogP) is 1.40. The summed E-state index contributed by atoms with van der Waals surface area (Å²) in [5, 5.41) is 9.24. The van der Waals surface area contributed by atoms with Crippen molar-refractivity contribution in [3.8, 4) is 5.75 Å². The van der Waals surface area contributed by atoms with Gasteiger partial charge in [-0.15, -0.1) is 0 Å². The summed E-state index contributed by atoms with van der Waals surface area (Å²) < 4.78 is 22.8. The lowest BCUT2D eigenvalue weighted by molar-refractivity contribution is 0.458. The second-order valence-electron chi connectivity index (χ2n) is 2.38. The molecule has 5 heteroatoms. The fourth-order valence-corrected chi connectivity index (χ4v) is 2.03. The Labute approximate surface area is 84.5 Å². The summed E-state index contributed by atoms with van der Waals surface area (Å²) in [7, 11) is -3.30. The smallest absolute Gasteiger partial charge is 0.179 e. The van der Waals surface area contributed by atoms with Crippen molar-refractivity contribution in [1.82, 2.24) is 0 Å². The van der Waals surface area contributed by atoms with E-state index in [1.807, 2.05) is 22.6 Å². The molecule has 0 saturated carbocycles. The molecule has 0 aliphatic heterocycles. The molecule has 66 valence electrons. The molecule has 0 amide bonds. The number of halogens is 1. The number of rotatable bonds is 1. The summed E-state index contributed by atoms with van der Waals surface area (Å²) in [6.45, 7) is 0. The number of benzene rings is 1.